The lowest BCUT2D eigenvalue weighted by Gasteiger charge is -2.17. The summed E-state index contributed by atoms with van der Waals surface area (Å²) in [5.41, 5.74) is 1.33. The Hall–Kier alpha value is -1.71. The molecule has 2 atom stereocenters. The van der Waals surface area contributed by atoms with E-state index in [1.807, 2.05) is 11.6 Å². The second kappa shape index (κ2) is 6.37. The molecule has 0 aliphatic heterocycles. The van der Waals surface area contributed by atoms with Gasteiger partial charge in [0.25, 0.3) is 0 Å². The predicted octanol–water partition coefficient (Wildman–Crippen LogP) is 4.75. The van der Waals surface area contributed by atoms with Crippen molar-refractivity contribution in [1.29, 1.82) is 0 Å². The van der Waals surface area contributed by atoms with Gasteiger partial charge in [0.2, 0.25) is 0 Å². The minimum Gasteiger partial charge on any atom is -0.310 e. The van der Waals surface area contributed by atoms with Crippen LogP contribution in [0.15, 0.2) is 54.0 Å². The Morgan fingerprint density at radius 3 is 2.67 bits per heavy atom. The Labute approximate surface area is 129 Å². The van der Waals surface area contributed by atoms with Gasteiger partial charge in [-0.2, -0.15) is 0 Å². The molecule has 2 unspecified atom stereocenters. The normalized spacial score (nSPS) is 14.2. The molecule has 0 radical (unpaired) electrons. The topological polar surface area (TPSA) is 24.9 Å². The van der Waals surface area contributed by atoms with E-state index in [4.69, 9.17) is 0 Å². The summed E-state index contributed by atoms with van der Waals surface area (Å²) in [7, 11) is 0. The molecule has 21 heavy (non-hydrogen) atoms. The molecule has 108 valence electrons. The van der Waals surface area contributed by atoms with Crippen LogP contribution >= 0.6 is 11.3 Å². The number of aromatic nitrogens is 1. The summed E-state index contributed by atoms with van der Waals surface area (Å²) >= 11 is 1.73. The molecule has 0 amide bonds. The molecule has 3 heteroatoms. The van der Waals surface area contributed by atoms with Gasteiger partial charge >= 0.3 is 0 Å². The summed E-state index contributed by atoms with van der Waals surface area (Å²) in [5, 5.41) is 9.46. The highest BCUT2D eigenvalue weighted by Crippen LogP contribution is 2.22. The highest BCUT2D eigenvalue weighted by atomic mass is 32.1. The van der Waals surface area contributed by atoms with E-state index in [9.17, 15) is 0 Å². The summed E-state index contributed by atoms with van der Waals surface area (Å²) in [4.78, 5) is 4.39. The maximum atomic E-state index is 4.39. The van der Waals surface area contributed by atoms with Gasteiger partial charge in [-0.05, 0) is 29.3 Å². The molecule has 3 aromatic rings. The molecule has 0 bridgehead atoms. The molecule has 0 aliphatic rings. The van der Waals surface area contributed by atoms with Crippen LogP contribution in [-0.2, 0) is 0 Å². The SMILES string of the molecule is CC(CNC(C)c1ccc2ccccc2c1)c1nccs1. The zero-order chi connectivity index (χ0) is 14.7. The van der Waals surface area contributed by atoms with E-state index in [2.05, 4.69) is 66.6 Å². The fraction of sp³-hybridized carbons (Fsp3) is 0.278. The van der Waals surface area contributed by atoms with Crippen LogP contribution in [0.2, 0.25) is 0 Å². The van der Waals surface area contributed by atoms with E-state index in [1.54, 1.807) is 11.3 Å². The number of thiazole rings is 1. The van der Waals surface area contributed by atoms with Crippen LogP contribution in [0, 0.1) is 0 Å². The highest BCUT2D eigenvalue weighted by molar-refractivity contribution is 7.09. The first-order valence-corrected chi connectivity index (χ1v) is 8.23. The number of nitrogens with zero attached hydrogens (tertiary/aromatic N) is 1. The summed E-state index contributed by atoms with van der Waals surface area (Å²) in [6.07, 6.45) is 1.88. The molecule has 1 heterocycles. The first-order chi connectivity index (χ1) is 10.2. The number of fused-ring (bicyclic) bond motifs is 1. The smallest absolute Gasteiger partial charge is 0.0965 e. The van der Waals surface area contributed by atoms with Gasteiger partial charge in [-0.25, -0.2) is 4.98 Å². The van der Waals surface area contributed by atoms with E-state index in [0.717, 1.165) is 6.54 Å². The van der Waals surface area contributed by atoms with Crippen molar-refractivity contribution < 1.29 is 0 Å². The number of nitrogens with one attached hydrogen (secondary N) is 1. The van der Waals surface area contributed by atoms with Gasteiger partial charge in [-0.15, -0.1) is 11.3 Å². The van der Waals surface area contributed by atoms with Gasteiger partial charge in [0.1, 0.15) is 0 Å². The Morgan fingerprint density at radius 1 is 1.10 bits per heavy atom. The second-order valence-electron chi connectivity index (χ2n) is 5.51. The van der Waals surface area contributed by atoms with Crippen molar-refractivity contribution in [1.82, 2.24) is 10.3 Å². The standard InChI is InChI=1S/C18H20N2S/c1-13(18-19-9-10-21-18)12-20-14(2)16-8-7-15-5-3-4-6-17(15)11-16/h3-11,13-14,20H,12H2,1-2H3. The van der Waals surface area contributed by atoms with Gasteiger partial charge in [-0.3, -0.25) is 0 Å². The first kappa shape index (κ1) is 14.2. The van der Waals surface area contributed by atoms with Crippen LogP contribution in [-0.4, -0.2) is 11.5 Å². The van der Waals surface area contributed by atoms with Crippen LogP contribution in [0.25, 0.3) is 10.8 Å². The average molecular weight is 296 g/mol. The lowest BCUT2D eigenvalue weighted by atomic mass is 10.0. The minimum atomic E-state index is 0.344. The van der Waals surface area contributed by atoms with Crippen LogP contribution in [0.5, 0.6) is 0 Å². The largest absolute Gasteiger partial charge is 0.310 e. The summed E-state index contributed by atoms with van der Waals surface area (Å²) in [6.45, 7) is 5.39. The third-order valence-corrected chi connectivity index (χ3v) is 4.88. The molecule has 3 rings (SSSR count). The Kier molecular flexibility index (Phi) is 4.32. The van der Waals surface area contributed by atoms with Crippen LogP contribution in [0.4, 0.5) is 0 Å². The molecule has 1 aromatic heterocycles. The van der Waals surface area contributed by atoms with E-state index >= 15 is 0 Å². The molecule has 0 spiro atoms. The molecule has 0 aliphatic carbocycles. The summed E-state index contributed by atoms with van der Waals surface area (Å²) in [6, 6.07) is 15.5. The number of hydrogen-bond acceptors (Lipinski definition) is 3. The lowest BCUT2D eigenvalue weighted by Crippen LogP contribution is -2.23. The maximum Gasteiger partial charge on any atom is 0.0965 e. The minimum absolute atomic E-state index is 0.344. The second-order valence-corrected chi connectivity index (χ2v) is 6.43. The van der Waals surface area contributed by atoms with Crippen molar-refractivity contribution in [3.05, 3.63) is 64.6 Å². The zero-order valence-electron chi connectivity index (χ0n) is 12.4. The molecule has 0 saturated carbocycles. The molecule has 0 saturated heterocycles. The highest BCUT2D eigenvalue weighted by Gasteiger charge is 2.11. The van der Waals surface area contributed by atoms with E-state index in [0.29, 0.717) is 12.0 Å². The van der Waals surface area contributed by atoms with E-state index in [1.165, 1.54) is 21.3 Å². The van der Waals surface area contributed by atoms with Gasteiger partial charge in [0.15, 0.2) is 0 Å². The Balaban J connectivity index is 1.67. The maximum absolute atomic E-state index is 4.39. The number of rotatable bonds is 5. The fourth-order valence-electron chi connectivity index (χ4n) is 2.51. The van der Waals surface area contributed by atoms with Gasteiger partial charge in [0, 0.05) is 30.1 Å². The molecular formula is C18H20N2S. The van der Waals surface area contributed by atoms with Crippen molar-refractivity contribution in [2.24, 2.45) is 0 Å². The van der Waals surface area contributed by atoms with Crippen LogP contribution in [0.3, 0.4) is 0 Å². The third-order valence-electron chi connectivity index (χ3n) is 3.88. The summed E-state index contributed by atoms with van der Waals surface area (Å²) < 4.78 is 0. The van der Waals surface area contributed by atoms with Crippen molar-refractivity contribution in [3.63, 3.8) is 0 Å². The molecule has 0 fully saturated rings. The number of benzene rings is 2. The summed E-state index contributed by atoms with van der Waals surface area (Å²) in [5.74, 6) is 0.452. The van der Waals surface area contributed by atoms with Gasteiger partial charge in [0.05, 0.1) is 5.01 Å². The molecular weight excluding hydrogens is 276 g/mol. The fourth-order valence-corrected chi connectivity index (χ4v) is 3.21. The van der Waals surface area contributed by atoms with Crippen molar-refractivity contribution >= 4 is 22.1 Å². The lowest BCUT2D eigenvalue weighted by molar-refractivity contribution is 0.536. The third kappa shape index (κ3) is 3.31. The monoisotopic (exact) mass is 296 g/mol. The Morgan fingerprint density at radius 2 is 1.90 bits per heavy atom. The number of hydrogen-bond donors (Lipinski definition) is 1. The predicted molar refractivity (Wildman–Crippen MR) is 90.9 cm³/mol. The van der Waals surface area contributed by atoms with Crippen molar-refractivity contribution in [2.45, 2.75) is 25.8 Å². The van der Waals surface area contributed by atoms with E-state index in [-0.39, 0.29) is 0 Å². The zero-order valence-corrected chi connectivity index (χ0v) is 13.2. The van der Waals surface area contributed by atoms with Crippen molar-refractivity contribution in [3.8, 4) is 0 Å². The molecule has 2 aromatic carbocycles. The molecule has 1 N–H and O–H groups in total. The van der Waals surface area contributed by atoms with Crippen molar-refractivity contribution in [2.75, 3.05) is 6.54 Å². The first-order valence-electron chi connectivity index (χ1n) is 7.35. The van der Waals surface area contributed by atoms with Crippen LogP contribution in [0.1, 0.15) is 36.4 Å². The average Bonchev–Trinajstić information content (AvgIpc) is 3.06. The van der Waals surface area contributed by atoms with Gasteiger partial charge in [-0.1, -0.05) is 43.3 Å². The molecule has 2 nitrogen and oxygen atoms in total. The van der Waals surface area contributed by atoms with Gasteiger partial charge < -0.3 is 5.32 Å². The Bertz CT molecular complexity index is 706. The van der Waals surface area contributed by atoms with E-state index < -0.39 is 0 Å². The van der Waals surface area contributed by atoms with Crippen LogP contribution < -0.4 is 5.32 Å². The quantitative estimate of drug-likeness (QED) is 0.735.